The Labute approximate surface area is 206 Å². The zero-order valence-corrected chi connectivity index (χ0v) is 21.0. The van der Waals surface area contributed by atoms with Crippen molar-refractivity contribution in [2.45, 2.75) is 83.6 Å². The predicted molar refractivity (Wildman–Crippen MR) is 131 cm³/mol. The molecule has 0 spiro atoms. The lowest BCUT2D eigenvalue weighted by Crippen LogP contribution is -2.63. The van der Waals surface area contributed by atoms with Crippen LogP contribution in [-0.4, -0.2) is 57.1 Å². The molecule has 1 aromatic carbocycles. The van der Waals surface area contributed by atoms with Gasteiger partial charge in [0.25, 0.3) is 11.8 Å². The van der Waals surface area contributed by atoms with E-state index in [9.17, 15) is 14.4 Å². The maximum absolute atomic E-state index is 13.2. The lowest BCUT2D eigenvalue weighted by atomic mass is 9.92. The highest BCUT2D eigenvalue weighted by molar-refractivity contribution is 6.01. The first-order valence-corrected chi connectivity index (χ1v) is 12.4. The summed E-state index contributed by atoms with van der Waals surface area (Å²) in [5.41, 5.74) is 0.289. The van der Waals surface area contributed by atoms with Crippen molar-refractivity contribution in [3.8, 4) is 5.75 Å². The molecular formula is C26H35N5O4. The summed E-state index contributed by atoms with van der Waals surface area (Å²) in [5.74, 6) is -0.115. The molecule has 4 rings (SSSR count). The molecule has 188 valence electrons. The number of fused-ring (bicyclic) bond motifs is 1. The van der Waals surface area contributed by atoms with Crippen molar-refractivity contribution in [1.29, 1.82) is 0 Å². The van der Waals surface area contributed by atoms with Crippen molar-refractivity contribution in [2.75, 3.05) is 7.05 Å². The van der Waals surface area contributed by atoms with Crippen LogP contribution in [0.25, 0.3) is 0 Å². The molecule has 1 aliphatic heterocycles. The summed E-state index contributed by atoms with van der Waals surface area (Å²) in [5, 5.41) is 10.4. The zero-order valence-electron chi connectivity index (χ0n) is 21.0. The molecule has 2 N–H and O–H groups in total. The molecule has 2 aromatic rings. The number of nitrogens with one attached hydrogen (secondary N) is 2. The number of hydrogen-bond acceptors (Lipinski definition) is 5. The third-order valence-electron chi connectivity index (χ3n) is 6.91. The number of likely N-dealkylation sites (N-methyl/N-ethyl adjacent to an activating group) is 1. The van der Waals surface area contributed by atoms with Crippen LogP contribution in [-0.2, 0) is 17.9 Å². The van der Waals surface area contributed by atoms with Crippen LogP contribution >= 0.6 is 0 Å². The SMILES string of the molecule is CC(C)Oc1ccc(CNC(=O)c2cc3n(n2)C[C@@](C)(C(=O)NC2CCCCC2)N(C)C3=O)cc1. The number of carbonyl (C=O) groups is 3. The number of ether oxygens (including phenoxy) is 1. The van der Waals surface area contributed by atoms with Crippen LogP contribution in [0.3, 0.4) is 0 Å². The highest BCUT2D eigenvalue weighted by atomic mass is 16.5. The first-order chi connectivity index (χ1) is 16.7. The zero-order chi connectivity index (χ0) is 25.2. The maximum atomic E-state index is 13.2. The van der Waals surface area contributed by atoms with E-state index in [-0.39, 0.29) is 42.1 Å². The predicted octanol–water partition coefficient (Wildman–Crippen LogP) is 2.89. The van der Waals surface area contributed by atoms with E-state index in [1.165, 1.54) is 22.1 Å². The Kier molecular flexibility index (Phi) is 7.14. The number of nitrogens with zero attached hydrogens (tertiary/aromatic N) is 3. The van der Waals surface area contributed by atoms with Gasteiger partial charge in [0.1, 0.15) is 17.0 Å². The molecule has 9 nitrogen and oxygen atoms in total. The van der Waals surface area contributed by atoms with E-state index in [1.54, 1.807) is 14.0 Å². The molecule has 35 heavy (non-hydrogen) atoms. The summed E-state index contributed by atoms with van der Waals surface area (Å²) in [6.45, 7) is 6.19. The lowest BCUT2D eigenvalue weighted by Gasteiger charge is -2.41. The third-order valence-corrected chi connectivity index (χ3v) is 6.91. The summed E-state index contributed by atoms with van der Waals surface area (Å²) in [7, 11) is 1.63. The molecular weight excluding hydrogens is 446 g/mol. The number of benzene rings is 1. The summed E-state index contributed by atoms with van der Waals surface area (Å²) >= 11 is 0. The summed E-state index contributed by atoms with van der Waals surface area (Å²) in [4.78, 5) is 40.5. The second-order valence-corrected chi connectivity index (χ2v) is 10.0. The lowest BCUT2D eigenvalue weighted by molar-refractivity contribution is -0.133. The van der Waals surface area contributed by atoms with Gasteiger partial charge in [-0.15, -0.1) is 0 Å². The maximum Gasteiger partial charge on any atom is 0.272 e. The Hall–Kier alpha value is -3.36. The fraction of sp³-hybridized carbons (Fsp3) is 0.538. The van der Waals surface area contributed by atoms with Crippen molar-refractivity contribution in [3.63, 3.8) is 0 Å². The monoisotopic (exact) mass is 481 g/mol. The Balaban J connectivity index is 1.42. The van der Waals surface area contributed by atoms with Gasteiger partial charge in [-0.1, -0.05) is 31.4 Å². The first-order valence-electron chi connectivity index (χ1n) is 12.4. The van der Waals surface area contributed by atoms with E-state index in [2.05, 4.69) is 15.7 Å². The van der Waals surface area contributed by atoms with Gasteiger partial charge in [-0.05, 0) is 51.3 Å². The molecule has 1 atom stereocenters. The van der Waals surface area contributed by atoms with Crippen molar-refractivity contribution in [2.24, 2.45) is 0 Å². The van der Waals surface area contributed by atoms with Gasteiger partial charge in [0.05, 0.1) is 12.6 Å². The molecule has 0 saturated heterocycles. The minimum absolute atomic E-state index is 0.0921. The Morgan fingerprint density at radius 2 is 1.86 bits per heavy atom. The van der Waals surface area contributed by atoms with Crippen LogP contribution < -0.4 is 15.4 Å². The minimum atomic E-state index is -1.08. The molecule has 0 unspecified atom stereocenters. The summed E-state index contributed by atoms with van der Waals surface area (Å²) in [6, 6.07) is 9.15. The number of carbonyl (C=O) groups excluding carboxylic acids is 3. The fourth-order valence-electron chi connectivity index (χ4n) is 4.66. The Bertz CT molecular complexity index is 1090. The molecule has 0 bridgehead atoms. The van der Waals surface area contributed by atoms with Gasteiger partial charge < -0.3 is 20.3 Å². The average molecular weight is 482 g/mol. The van der Waals surface area contributed by atoms with E-state index >= 15 is 0 Å². The van der Waals surface area contributed by atoms with Crippen molar-refractivity contribution in [3.05, 3.63) is 47.3 Å². The van der Waals surface area contributed by atoms with E-state index < -0.39 is 5.54 Å². The van der Waals surface area contributed by atoms with Gasteiger partial charge in [-0.2, -0.15) is 5.10 Å². The molecule has 1 saturated carbocycles. The fourth-order valence-corrected chi connectivity index (χ4v) is 4.66. The standard InChI is InChI=1S/C26H35N5O4/c1-17(2)35-20-12-10-18(11-13-20)15-27-23(32)21-14-22-24(33)30(4)26(3,16-31(22)29-21)25(34)28-19-8-6-5-7-9-19/h10-14,17,19H,5-9,15-16H2,1-4H3,(H,27,32)(H,28,34)/t26-/m0/s1. The molecule has 9 heteroatoms. The van der Waals surface area contributed by atoms with E-state index in [0.29, 0.717) is 12.2 Å². The van der Waals surface area contributed by atoms with Crippen LogP contribution in [0.2, 0.25) is 0 Å². The molecule has 3 amide bonds. The van der Waals surface area contributed by atoms with Gasteiger partial charge in [-0.3, -0.25) is 19.1 Å². The largest absolute Gasteiger partial charge is 0.491 e. The molecule has 2 aliphatic rings. The summed E-state index contributed by atoms with van der Waals surface area (Å²) < 4.78 is 7.12. The number of hydrogen-bond donors (Lipinski definition) is 2. The van der Waals surface area contributed by atoms with Gasteiger partial charge in [0.2, 0.25) is 5.91 Å². The minimum Gasteiger partial charge on any atom is -0.491 e. The van der Waals surface area contributed by atoms with Crippen LogP contribution in [0.4, 0.5) is 0 Å². The highest BCUT2D eigenvalue weighted by Crippen LogP contribution is 2.27. The molecule has 1 aromatic heterocycles. The van der Waals surface area contributed by atoms with Crippen molar-refractivity contribution in [1.82, 2.24) is 25.3 Å². The second kappa shape index (κ2) is 10.1. The van der Waals surface area contributed by atoms with Crippen molar-refractivity contribution < 1.29 is 19.1 Å². The quantitative estimate of drug-likeness (QED) is 0.633. The second-order valence-electron chi connectivity index (χ2n) is 10.0. The topological polar surface area (TPSA) is 106 Å². The van der Waals surface area contributed by atoms with Crippen LogP contribution in [0.5, 0.6) is 5.75 Å². The molecule has 0 radical (unpaired) electrons. The number of aromatic nitrogens is 2. The highest BCUT2D eigenvalue weighted by Gasteiger charge is 2.46. The first kappa shape index (κ1) is 24.8. The Morgan fingerprint density at radius 3 is 2.51 bits per heavy atom. The van der Waals surface area contributed by atoms with E-state index in [1.807, 2.05) is 38.1 Å². The van der Waals surface area contributed by atoms with Gasteiger partial charge >= 0.3 is 0 Å². The third kappa shape index (κ3) is 5.33. The molecule has 1 fully saturated rings. The van der Waals surface area contributed by atoms with Crippen LogP contribution in [0.15, 0.2) is 30.3 Å². The summed E-state index contributed by atoms with van der Waals surface area (Å²) in [6.07, 6.45) is 5.42. The van der Waals surface area contributed by atoms with Gasteiger partial charge in [0, 0.05) is 25.7 Å². The Morgan fingerprint density at radius 1 is 1.17 bits per heavy atom. The molecule has 2 heterocycles. The van der Waals surface area contributed by atoms with Crippen molar-refractivity contribution >= 4 is 17.7 Å². The number of amides is 3. The number of rotatable bonds is 7. The van der Waals surface area contributed by atoms with Gasteiger partial charge in [0.15, 0.2) is 5.69 Å². The molecule has 1 aliphatic carbocycles. The van der Waals surface area contributed by atoms with Crippen LogP contribution in [0.1, 0.15) is 79.4 Å². The van der Waals surface area contributed by atoms with E-state index in [0.717, 1.165) is 37.0 Å². The normalized spacial score (nSPS) is 20.5. The average Bonchev–Trinajstić information content (AvgIpc) is 3.26. The van der Waals surface area contributed by atoms with Crippen LogP contribution in [0, 0.1) is 0 Å². The smallest absolute Gasteiger partial charge is 0.272 e. The van der Waals surface area contributed by atoms with E-state index in [4.69, 9.17) is 4.74 Å². The van der Waals surface area contributed by atoms with Gasteiger partial charge in [-0.25, -0.2) is 0 Å².